The van der Waals surface area contributed by atoms with E-state index >= 15 is 0 Å². The number of nitrogens with one attached hydrogen (secondary N) is 1. The first-order chi connectivity index (χ1) is 14.0. The number of aryl methyl sites for hydroxylation is 3. The van der Waals surface area contributed by atoms with Crippen molar-refractivity contribution in [1.29, 1.82) is 0 Å². The molecular weight excluding hydrogens is 368 g/mol. The number of nitrogens with zero attached hydrogens (tertiary/aromatic N) is 5. The van der Waals surface area contributed by atoms with Crippen molar-refractivity contribution in [3.8, 4) is 5.69 Å². The largest absolute Gasteiger partial charge is 0.352 e. The van der Waals surface area contributed by atoms with Crippen molar-refractivity contribution in [2.24, 2.45) is 0 Å². The van der Waals surface area contributed by atoms with Crippen LogP contribution >= 0.6 is 0 Å². The third-order valence-corrected chi connectivity index (χ3v) is 4.70. The lowest BCUT2D eigenvalue weighted by atomic mass is 10.2. The number of aromatic nitrogens is 5. The minimum Gasteiger partial charge on any atom is -0.352 e. The highest BCUT2D eigenvalue weighted by atomic mass is 16.2. The second-order valence-corrected chi connectivity index (χ2v) is 6.93. The van der Waals surface area contributed by atoms with Gasteiger partial charge >= 0.3 is 5.69 Å². The first kappa shape index (κ1) is 18.7. The minimum atomic E-state index is -0.174. The van der Waals surface area contributed by atoms with E-state index in [1.54, 1.807) is 30.5 Å². The minimum absolute atomic E-state index is 0.146. The lowest BCUT2D eigenvalue weighted by Crippen LogP contribution is -2.27. The predicted octanol–water partition coefficient (Wildman–Crippen LogP) is 2.12. The topological polar surface area (TPSA) is 86.2 Å². The van der Waals surface area contributed by atoms with Crippen LogP contribution in [-0.2, 0) is 6.54 Å². The van der Waals surface area contributed by atoms with Crippen molar-refractivity contribution >= 4 is 11.6 Å². The van der Waals surface area contributed by atoms with Gasteiger partial charge in [0.15, 0.2) is 5.65 Å². The van der Waals surface area contributed by atoms with Gasteiger partial charge in [-0.1, -0.05) is 6.07 Å². The summed E-state index contributed by atoms with van der Waals surface area (Å²) in [6.07, 6.45) is 2.30. The van der Waals surface area contributed by atoms with Crippen LogP contribution in [0.1, 0.15) is 28.2 Å². The van der Waals surface area contributed by atoms with Crippen molar-refractivity contribution in [1.82, 2.24) is 29.3 Å². The maximum atomic E-state index is 12.4. The molecule has 3 heterocycles. The molecule has 0 aliphatic carbocycles. The van der Waals surface area contributed by atoms with Crippen LogP contribution in [0.5, 0.6) is 0 Å². The number of hydrogen-bond donors (Lipinski definition) is 1. The summed E-state index contributed by atoms with van der Waals surface area (Å²) in [6.45, 7) is 4.84. The summed E-state index contributed by atoms with van der Waals surface area (Å²) in [7, 11) is 0. The molecule has 1 amide bonds. The van der Waals surface area contributed by atoms with Gasteiger partial charge in [0, 0.05) is 30.5 Å². The van der Waals surface area contributed by atoms with Crippen molar-refractivity contribution in [2.45, 2.75) is 26.8 Å². The zero-order valence-electron chi connectivity index (χ0n) is 16.4. The average molecular weight is 390 g/mol. The Balaban J connectivity index is 1.33. The summed E-state index contributed by atoms with van der Waals surface area (Å²) < 4.78 is 4.78. The Bertz CT molecular complexity index is 1220. The highest BCUT2D eigenvalue weighted by molar-refractivity contribution is 5.94. The van der Waals surface area contributed by atoms with Crippen molar-refractivity contribution in [3.63, 3.8) is 0 Å². The van der Waals surface area contributed by atoms with Crippen LogP contribution < -0.4 is 11.0 Å². The van der Waals surface area contributed by atoms with E-state index in [9.17, 15) is 9.59 Å². The number of carbonyl (C=O) groups excluding carboxylic acids is 1. The second-order valence-electron chi connectivity index (χ2n) is 6.93. The number of amides is 1. The summed E-state index contributed by atoms with van der Waals surface area (Å²) in [5.41, 5.74) is 3.94. The smallest absolute Gasteiger partial charge is 0.350 e. The van der Waals surface area contributed by atoms with E-state index in [0.29, 0.717) is 30.7 Å². The molecule has 0 radical (unpaired) electrons. The molecule has 8 heteroatoms. The molecule has 0 atom stereocenters. The Hall–Kier alpha value is -3.68. The molecule has 4 aromatic rings. The van der Waals surface area contributed by atoms with Crippen LogP contribution in [0.15, 0.2) is 59.5 Å². The maximum absolute atomic E-state index is 12.4. The number of fused-ring (bicyclic) bond motifs is 1. The highest BCUT2D eigenvalue weighted by Crippen LogP contribution is 2.13. The number of carbonyl (C=O) groups is 1. The second kappa shape index (κ2) is 7.75. The van der Waals surface area contributed by atoms with E-state index < -0.39 is 0 Å². The van der Waals surface area contributed by atoms with E-state index in [4.69, 9.17) is 0 Å². The van der Waals surface area contributed by atoms with Crippen LogP contribution in [0.25, 0.3) is 11.3 Å². The van der Waals surface area contributed by atoms with Crippen LogP contribution in [0.3, 0.4) is 0 Å². The lowest BCUT2D eigenvalue weighted by Gasteiger charge is -2.07. The molecule has 0 saturated heterocycles. The average Bonchev–Trinajstić information content (AvgIpc) is 3.24. The fourth-order valence-corrected chi connectivity index (χ4v) is 3.29. The van der Waals surface area contributed by atoms with Gasteiger partial charge in [0.2, 0.25) is 0 Å². The maximum Gasteiger partial charge on any atom is 0.350 e. The molecule has 148 valence electrons. The zero-order chi connectivity index (χ0) is 20.4. The monoisotopic (exact) mass is 390 g/mol. The van der Waals surface area contributed by atoms with Crippen LogP contribution in [0, 0.1) is 13.8 Å². The molecule has 3 aromatic heterocycles. The fraction of sp³-hybridized carbons (Fsp3) is 0.238. The summed E-state index contributed by atoms with van der Waals surface area (Å²) in [6, 6.07) is 14.8. The Morgan fingerprint density at radius 2 is 1.86 bits per heavy atom. The van der Waals surface area contributed by atoms with Gasteiger partial charge in [0.25, 0.3) is 5.91 Å². The number of pyridine rings is 1. The van der Waals surface area contributed by atoms with Gasteiger partial charge in [-0.2, -0.15) is 5.10 Å². The molecule has 0 saturated carbocycles. The van der Waals surface area contributed by atoms with Crippen molar-refractivity contribution < 1.29 is 4.79 Å². The van der Waals surface area contributed by atoms with Gasteiger partial charge in [-0.3, -0.25) is 9.20 Å². The third-order valence-electron chi connectivity index (χ3n) is 4.70. The standard InChI is InChI=1S/C21H22N6O2/c1-15-14-16(2)27(23-15)18-9-7-17(8-10-18)20(28)22-11-5-13-26-21(29)25-12-4-3-6-19(25)24-26/h3-4,6-10,12,14H,5,11,13H2,1-2H3,(H,22,28). The fourth-order valence-electron chi connectivity index (χ4n) is 3.29. The first-order valence-electron chi connectivity index (χ1n) is 9.49. The molecule has 0 aliphatic rings. The van der Waals surface area contributed by atoms with Crippen LogP contribution in [0.4, 0.5) is 0 Å². The predicted molar refractivity (Wildman–Crippen MR) is 109 cm³/mol. The quantitative estimate of drug-likeness (QED) is 0.511. The Labute approximate surface area is 167 Å². The molecule has 29 heavy (non-hydrogen) atoms. The SMILES string of the molecule is Cc1cc(C)n(-c2ccc(C(=O)NCCCn3nc4ccccn4c3=O)cc2)n1. The molecular formula is C21H22N6O2. The molecule has 0 spiro atoms. The molecule has 0 bridgehead atoms. The van der Waals surface area contributed by atoms with E-state index in [-0.39, 0.29) is 11.6 Å². The van der Waals surface area contributed by atoms with E-state index in [1.807, 2.05) is 42.8 Å². The van der Waals surface area contributed by atoms with Crippen LogP contribution in [-0.4, -0.2) is 36.4 Å². The molecule has 0 unspecified atom stereocenters. The van der Waals surface area contributed by atoms with E-state index in [2.05, 4.69) is 15.5 Å². The third kappa shape index (κ3) is 3.82. The number of hydrogen-bond acceptors (Lipinski definition) is 4. The van der Waals surface area contributed by atoms with Gasteiger partial charge in [-0.05, 0) is 62.7 Å². The van der Waals surface area contributed by atoms with Gasteiger partial charge < -0.3 is 5.32 Å². The van der Waals surface area contributed by atoms with Gasteiger partial charge in [-0.15, -0.1) is 5.10 Å². The molecule has 1 aromatic carbocycles. The zero-order valence-corrected chi connectivity index (χ0v) is 16.4. The van der Waals surface area contributed by atoms with Gasteiger partial charge in [-0.25, -0.2) is 14.2 Å². The van der Waals surface area contributed by atoms with Crippen LogP contribution in [0.2, 0.25) is 0 Å². The summed E-state index contributed by atoms with van der Waals surface area (Å²) in [4.78, 5) is 24.6. The highest BCUT2D eigenvalue weighted by Gasteiger charge is 2.09. The number of benzene rings is 1. The Kier molecular flexibility index (Phi) is 4.99. The molecule has 8 nitrogen and oxygen atoms in total. The molecule has 1 N–H and O–H groups in total. The van der Waals surface area contributed by atoms with E-state index in [1.165, 1.54) is 9.08 Å². The molecule has 4 rings (SSSR count). The Morgan fingerprint density at radius 3 is 2.55 bits per heavy atom. The van der Waals surface area contributed by atoms with Gasteiger partial charge in [0.05, 0.1) is 11.4 Å². The summed E-state index contributed by atoms with van der Waals surface area (Å²) >= 11 is 0. The molecule has 0 fully saturated rings. The number of rotatable bonds is 6. The van der Waals surface area contributed by atoms with Gasteiger partial charge in [0.1, 0.15) is 0 Å². The van der Waals surface area contributed by atoms with E-state index in [0.717, 1.165) is 17.1 Å². The molecule has 0 aliphatic heterocycles. The normalized spacial score (nSPS) is 11.1. The van der Waals surface area contributed by atoms with Crippen molar-refractivity contribution in [3.05, 3.63) is 82.2 Å². The Morgan fingerprint density at radius 1 is 1.07 bits per heavy atom. The lowest BCUT2D eigenvalue weighted by molar-refractivity contribution is 0.0952. The summed E-state index contributed by atoms with van der Waals surface area (Å²) in [5.74, 6) is -0.146. The van der Waals surface area contributed by atoms with Crippen molar-refractivity contribution in [2.75, 3.05) is 6.54 Å². The first-order valence-corrected chi connectivity index (χ1v) is 9.49. The summed E-state index contributed by atoms with van der Waals surface area (Å²) in [5, 5.41) is 11.6.